The highest BCUT2D eigenvalue weighted by atomic mass is 16.2. The maximum atomic E-state index is 10.5. The van der Waals surface area contributed by atoms with E-state index in [2.05, 4.69) is 10.9 Å². The summed E-state index contributed by atoms with van der Waals surface area (Å²) in [5.74, 6) is 0.0509. The van der Waals surface area contributed by atoms with Crippen LogP contribution in [0.2, 0.25) is 0 Å². The Morgan fingerprint density at radius 2 is 2.25 bits per heavy atom. The summed E-state index contributed by atoms with van der Waals surface area (Å²) < 4.78 is 0. The second kappa shape index (κ2) is 4.59. The molecule has 0 aliphatic carbocycles. The standard InChI is InChI=1S/C5H12N2O/c1-3-4-5(8)7-6-2/h6H,3-4H2,1-2H3,(H,7,8). The molecule has 48 valence electrons. The van der Waals surface area contributed by atoms with E-state index < -0.39 is 0 Å². The van der Waals surface area contributed by atoms with Gasteiger partial charge < -0.3 is 0 Å². The lowest BCUT2D eigenvalue weighted by molar-refractivity contribution is -0.121. The molecule has 0 aliphatic rings. The molecule has 1 amide bonds. The second-order valence-electron chi connectivity index (χ2n) is 1.55. The van der Waals surface area contributed by atoms with Gasteiger partial charge in [-0.3, -0.25) is 10.2 Å². The summed E-state index contributed by atoms with van der Waals surface area (Å²) in [4.78, 5) is 10.5. The molecule has 0 saturated heterocycles. The molecule has 0 radical (unpaired) electrons. The van der Waals surface area contributed by atoms with Crippen molar-refractivity contribution in [1.82, 2.24) is 10.9 Å². The molecular weight excluding hydrogens is 104 g/mol. The average molecular weight is 116 g/mol. The van der Waals surface area contributed by atoms with Crippen LogP contribution >= 0.6 is 0 Å². The zero-order chi connectivity index (χ0) is 6.41. The average Bonchev–Trinajstić information content (AvgIpc) is 1.68. The molecule has 0 bridgehead atoms. The lowest BCUT2D eigenvalue weighted by Crippen LogP contribution is -2.33. The van der Waals surface area contributed by atoms with Crippen molar-refractivity contribution in [2.24, 2.45) is 0 Å². The molecule has 3 heteroatoms. The van der Waals surface area contributed by atoms with Crippen LogP contribution in [-0.4, -0.2) is 13.0 Å². The number of hydrazine groups is 1. The first-order chi connectivity index (χ1) is 3.81. The summed E-state index contributed by atoms with van der Waals surface area (Å²) in [5.41, 5.74) is 5.01. The smallest absolute Gasteiger partial charge is 0.234 e. The van der Waals surface area contributed by atoms with Gasteiger partial charge in [-0.25, -0.2) is 5.43 Å². The van der Waals surface area contributed by atoms with Crippen molar-refractivity contribution < 1.29 is 4.79 Å². The molecule has 0 atom stereocenters. The summed E-state index contributed by atoms with van der Waals surface area (Å²) in [6.07, 6.45) is 1.49. The van der Waals surface area contributed by atoms with E-state index in [0.29, 0.717) is 6.42 Å². The van der Waals surface area contributed by atoms with Gasteiger partial charge in [0.25, 0.3) is 0 Å². The molecule has 0 saturated carbocycles. The van der Waals surface area contributed by atoms with Gasteiger partial charge in [0.05, 0.1) is 0 Å². The molecule has 0 unspecified atom stereocenters. The number of hydrogen-bond acceptors (Lipinski definition) is 2. The van der Waals surface area contributed by atoms with Crippen molar-refractivity contribution in [3.05, 3.63) is 0 Å². The van der Waals surface area contributed by atoms with Gasteiger partial charge in [0.1, 0.15) is 0 Å². The van der Waals surface area contributed by atoms with E-state index in [1.54, 1.807) is 7.05 Å². The Hall–Kier alpha value is -0.570. The highest BCUT2D eigenvalue weighted by Crippen LogP contribution is 1.82. The number of nitrogens with one attached hydrogen (secondary N) is 2. The van der Waals surface area contributed by atoms with Crippen LogP contribution in [0.1, 0.15) is 19.8 Å². The predicted molar refractivity (Wildman–Crippen MR) is 32.1 cm³/mol. The van der Waals surface area contributed by atoms with Gasteiger partial charge in [-0.2, -0.15) is 0 Å². The minimum absolute atomic E-state index is 0.0509. The summed E-state index contributed by atoms with van der Waals surface area (Å²) in [6, 6.07) is 0. The first-order valence-electron chi connectivity index (χ1n) is 2.76. The molecular formula is C5H12N2O. The first kappa shape index (κ1) is 7.43. The topological polar surface area (TPSA) is 41.1 Å². The van der Waals surface area contributed by atoms with Gasteiger partial charge in [-0.05, 0) is 6.42 Å². The van der Waals surface area contributed by atoms with Gasteiger partial charge in [0.15, 0.2) is 0 Å². The van der Waals surface area contributed by atoms with Crippen molar-refractivity contribution in [1.29, 1.82) is 0 Å². The molecule has 0 heterocycles. The highest BCUT2D eigenvalue weighted by molar-refractivity contribution is 5.75. The minimum Gasteiger partial charge on any atom is -0.292 e. The zero-order valence-corrected chi connectivity index (χ0v) is 5.32. The van der Waals surface area contributed by atoms with Gasteiger partial charge >= 0.3 is 0 Å². The Labute approximate surface area is 49.4 Å². The Morgan fingerprint density at radius 1 is 1.62 bits per heavy atom. The molecule has 0 aromatic rings. The van der Waals surface area contributed by atoms with Crippen LogP contribution in [0.5, 0.6) is 0 Å². The maximum absolute atomic E-state index is 10.5. The number of hydrogen-bond donors (Lipinski definition) is 2. The van der Waals surface area contributed by atoms with E-state index in [9.17, 15) is 4.79 Å². The van der Waals surface area contributed by atoms with Crippen molar-refractivity contribution in [2.45, 2.75) is 19.8 Å². The van der Waals surface area contributed by atoms with Crippen LogP contribution in [0.4, 0.5) is 0 Å². The van der Waals surface area contributed by atoms with E-state index >= 15 is 0 Å². The summed E-state index contributed by atoms with van der Waals surface area (Å²) >= 11 is 0. The fourth-order valence-corrected chi connectivity index (χ4v) is 0.429. The minimum atomic E-state index is 0.0509. The van der Waals surface area contributed by atoms with Crippen LogP contribution < -0.4 is 10.9 Å². The Morgan fingerprint density at radius 3 is 2.62 bits per heavy atom. The maximum Gasteiger partial charge on any atom is 0.234 e. The number of rotatable bonds is 3. The molecule has 2 N–H and O–H groups in total. The molecule has 0 rings (SSSR count). The van der Waals surface area contributed by atoms with Crippen LogP contribution in [0.15, 0.2) is 0 Å². The lowest BCUT2D eigenvalue weighted by atomic mass is 10.3. The molecule has 0 aliphatic heterocycles. The molecule has 0 fully saturated rings. The van der Waals surface area contributed by atoms with Crippen LogP contribution in [0.3, 0.4) is 0 Å². The third kappa shape index (κ3) is 3.61. The van der Waals surface area contributed by atoms with E-state index in [1.807, 2.05) is 6.92 Å². The van der Waals surface area contributed by atoms with E-state index in [1.165, 1.54) is 0 Å². The summed E-state index contributed by atoms with van der Waals surface area (Å²) in [6.45, 7) is 1.97. The summed E-state index contributed by atoms with van der Waals surface area (Å²) in [5, 5.41) is 0. The predicted octanol–water partition coefficient (Wildman–Crippen LogP) is 0.0371. The van der Waals surface area contributed by atoms with Crippen molar-refractivity contribution in [3.63, 3.8) is 0 Å². The largest absolute Gasteiger partial charge is 0.292 e. The molecule has 0 aromatic heterocycles. The van der Waals surface area contributed by atoms with E-state index in [4.69, 9.17) is 0 Å². The van der Waals surface area contributed by atoms with Gasteiger partial charge in [0, 0.05) is 13.5 Å². The van der Waals surface area contributed by atoms with Crippen molar-refractivity contribution in [2.75, 3.05) is 7.05 Å². The van der Waals surface area contributed by atoms with E-state index in [-0.39, 0.29) is 5.91 Å². The fourth-order valence-electron chi connectivity index (χ4n) is 0.429. The fraction of sp³-hybridized carbons (Fsp3) is 0.800. The monoisotopic (exact) mass is 116 g/mol. The molecule has 0 spiro atoms. The van der Waals surface area contributed by atoms with Crippen LogP contribution in [0.25, 0.3) is 0 Å². The van der Waals surface area contributed by atoms with Crippen molar-refractivity contribution in [3.8, 4) is 0 Å². The molecule has 8 heavy (non-hydrogen) atoms. The number of amides is 1. The molecule has 3 nitrogen and oxygen atoms in total. The Balaban J connectivity index is 3.06. The lowest BCUT2D eigenvalue weighted by Gasteiger charge is -1.98. The highest BCUT2D eigenvalue weighted by Gasteiger charge is 1.92. The van der Waals surface area contributed by atoms with Gasteiger partial charge in [-0.1, -0.05) is 6.92 Å². The van der Waals surface area contributed by atoms with Crippen LogP contribution in [0, 0.1) is 0 Å². The molecule has 0 aromatic carbocycles. The number of carbonyl (C=O) groups excluding carboxylic acids is 1. The quantitative estimate of drug-likeness (QED) is 0.511. The Kier molecular flexibility index (Phi) is 4.26. The Bertz CT molecular complexity index is 64.8. The number of carbonyl (C=O) groups is 1. The van der Waals surface area contributed by atoms with Crippen LogP contribution in [-0.2, 0) is 4.79 Å². The van der Waals surface area contributed by atoms with E-state index in [0.717, 1.165) is 6.42 Å². The SMILES string of the molecule is CCCC(=O)NNC. The first-order valence-corrected chi connectivity index (χ1v) is 2.76. The van der Waals surface area contributed by atoms with Gasteiger partial charge in [0.2, 0.25) is 5.91 Å². The third-order valence-electron chi connectivity index (χ3n) is 0.741. The second-order valence-corrected chi connectivity index (χ2v) is 1.55. The normalized spacial score (nSPS) is 8.75. The van der Waals surface area contributed by atoms with Crippen molar-refractivity contribution >= 4 is 5.91 Å². The summed E-state index contributed by atoms with van der Waals surface area (Å²) in [7, 11) is 1.67. The zero-order valence-electron chi connectivity index (χ0n) is 5.32. The van der Waals surface area contributed by atoms with Gasteiger partial charge in [-0.15, -0.1) is 0 Å². The third-order valence-corrected chi connectivity index (χ3v) is 0.741.